The number of anilines is 1. The Labute approximate surface area is 203 Å². The number of rotatable bonds is 10. The van der Waals surface area contributed by atoms with Gasteiger partial charge in [0.25, 0.3) is 5.91 Å². The zero-order valence-corrected chi connectivity index (χ0v) is 19.7. The molecule has 1 atom stereocenters. The van der Waals surface area contributed by atoms with Crippen LogP contribution in [0.3, 0.4) is 0 Å². The van der Waals surface area contributed by atoms with E-state index in [1.165, 1.54) is 17.0 Å². The Morgan fingerprint density at radius 1 is 1.23 bits per heavy atom. The number of carbonyl (C=O) groups is 3. The second kappa shape index (κ2) is 11.3. The Balaban J connectivity index is 1.35. The van der Waals surface area contributed by atoms with Crippen molar-refractivity contribution in [3.05, 3.63) is 53.3 Å². The fourth-order valence-electron chi connectivity index (χ4n) is 4.09. The number of hydrogen-bond acceptors (Lipinski definition) is 6. The van der Waals surface area contributed by atoms with Gasteiger partial charge in [0.1, 0.15) is 5.75 Å². The lowest BCUT2D eigenvalue weighted by atomic mass is 10.1. The van der Waals surface area contributed by atoms with Crippen LogP contribution in [0.25, 0.3) is 0 Å². The van der Waals surface area contributed by atoms with Gasteiger partial charge in [-0.15, -0.1) is 0 Å². The Morgan fingerprint density at radius 3 is 2.89 bits per heavy atom. The van der Waals surface area contributed by atoms with Crippen LogP contribution in [0.5, 0.6) is 11.5 Å². The maximum atomic E-state index is 13.9. The Kier molecular flexibility index (Phi) is 7.97. The van der Waals surface area contributed by atoms with E-state index < -0.39 is 5.82 Å². The quantitative estimate of drug-likeness (QED) is 0.521. The first-order chi connectivity index (χ1) is 16.9. The summed E-state index contributed by atoms with van der Waals surface area (Å²) in [5, 5.41) is 2.87. The predicted octanol–water partition coefficient (Wildman–Crippen LogP) is 3.20. The second-order valence-electron chi connectivity index (χ2n) is 8.70. The fourth-order valence-corrected chi connectivity index (χ4v) is 4.09. The van der Waals surface area contributed by atoms with Crippen LogP contribution in [0, 0.1) is 12.7 Å². The third kappa shape index (κ3) is 6.36. The first-order valence-electron chi connectivity index (χ1n) is 11.8. The van der Waals surface area contributed by atoms with E-state index in [2.05, 4.69) is 5.32 Å². The van der Waals surface area contributed by atoms with Crippen LogP contribution in [-0.2, 0) is 14.3 Å². The predicted molar refractivity (Wildman–Crippen MR) is 126 cm³/mol. The number of benzene rings is 2. The SMILES string of the molecule is Cc1ccc(F)c(OCC(=O)c2ccc3c(c2)N(CCCC(=O)NCC2CCCO2)C(=O)CO3)c1. The van der Waals surface area contributed by atoms with Crippen molar-refractivity contribution in [1.29, 1.82) is 0 Å². The summed E-state index contributed by atoms with van der Waals surface area (Å²) in [6.07, 6.45) is 2.76. The number of aryl methyl sites for hydroxylation is 1. The first-order valence-corrected chi connectivity index (χ1v) is 11.8. The highest BCUT2D eigenvalue weighted by molar-refractivity contribution is 6.02. The number of fused-ring (bicyclic) bond motifs is 1. The molecule has 2 aromatic rings. The lowest BCUT2D eigenvalue weighted by Crippen LogP contribution is -2.40. The maximum Gasteiger partial charge on any atom is 0.265 e. The summed E-state index contributed by atoms with van der Waals surface area (Å²) in [6, 6.07) is 9.22. The number of halogens is 1. The number of ketones is 1. The molecule has 2 aliphatic rings. The number of ether oxygens (including phenoxy) is 3. The maximum absolute atomic E-state index is 13.9. The zero-order valence-electron chi connectivity index (χ0n) is 19.7. The summed E-state index contributed by atoms with van der Waals surface area (Å²) in [5.74, 6) is -0.756. The number of nitrogens with one attached hydrogen (secondary N) is 1. The molecular weight excluding hydrogens is 455 g/mol. The van der Waals surface area contributed by atoms with Gasteiger partial charge in [0, 0.05) is 31.7 Å². The molecule has 186 valence electrons. The van der Waals surface area contributed by atoms with Crippen molar-refractivity contribution in [3.63, 3.8) is 0 Å². The van der Waals surface area contributed by atoms with E-state index >= 15 is 0 Å². The molecule has 2 aromatic carbocycles. The Bertz CT molecular complexity index is 1100. The molecule has 8 nitrogen and oxygen atoms in total. The zero-order chi connectivity index (χ0) is 24.8. The summed E-state index contributed by atoms with van der Waals surface area (Å²) in [4.78, 5) is 38.9. The number of amides is 2. The number of hydrogen-bond donors (Lipinski definition) is 1. The largest absolute Gasteiger partial charge is 0.482 e. The van der Waals surface area contributed by atoms with Gasteiger partial charge in [0.15, 0.2) is 30.6 Å². The summed E-state index contributed by atoms with van der Waals surface area (Å²) in [7, 11) is 0. The highest BCUT2D eigenvalue weighted by Gasteiger charge is 2.27. The third-order valence-corrected chi connectivity index (χ3v) is 6.01. The smallest absolute Gasteiger partial charge is 0.265 e. The minimum absolute atomic E-state index is 0.00854. The minimum atomic E-state index is -0.543. The highest BCUT2D eigenvalue weighted by Crippen LogP contribution is 2.33. The normalized spacial score (nSPS) is 17.0. The minimum Gasteiger partial charge on any atom is -0.482 e. The molecular formula is C26H29FN2O6. The Morgan fingerprint density at radius 2 is 2.09 bits per heavy atom. The van der Waals surface area contributed by atoms with E-state index in [9.17, 15) is 18.8 Å². The lowest BCUT2D eigenvalue weighted by Gasteiger charge is -2.29. The molecule has 2 aliphatic heterocycles. The van der Waals surface area contributed by atoms with Crippen LogP contribution in [0.4, 0.5) is 10.1 Å². The van der Waals surface area contributed by atoms with Gasteiger partial charge in [-0.1, -0.05) is 6.07 Å². The van der Waals surface area contributed by atoms with Gasteiger partial charge in [-0.3, -0.25) is 14.4 Å². The molecule has 1 unspecified atom stereocenters. The molecule has 4 rings (SSSR count). The molecule has 0 bridgehead atoms. The van der Waals surface area contributed by atoms with Crippen molar-refractivity contribution < 1.29 is 33.0 Å². The number of carbonyl (C=O) groups excluding carboxylic acids is 3. The van der Waals surface area contributed by atoms with E-state index in [-0.39, 0.29) is 49.1 Å². The molecule has 1 N–H and O–H groups in total. The number of nitrogens with zero attached hydrogens (tertiary/aromatic N) is 1. The van der Waals surface area contributed by atoms with E-state index in [0.29, 0.717) is 36.5 Å². The molecule has 2 amide bonds. The van der Waals surface area contributed by atoms with Crippen LogP contribution >= 0.6 is 0 Å². The average molecular weight is 485 g/mol. The van der Waals surface area contributed by atoms with Crippen molar-refractivity contribution in [2.75, 3.05) is 37.8 Å². The molecule has 0 aromatic heterocycles. The van der Waals surface area contributed by atoms with Gasteiger partial charge in [-0.2, -0.15) is 0 Å². The highest BCUT2D eigenvalue weighted by atomic mass is 19.1. The summed E-state index contributed by atoms with van der Waals surface area (Å²) in [6.45, 7) is 2.89. The molecule has 0 spiro atoms. The van der Waals surface area contributed by atoms with Crippen LogP contribution in [0.1, 0.15) is 41.6 Å². The van der Waals surface area contributed by atoms with Crippen LogP contribution < -0.4 is 19.7 Å². The van der Waals surface area contributed by atoms with Crippen molar-refractivity contribution >= 4 is 23.3 Å². The van der Waals surface area contributed by atoms with Gasteiger partial charge in [-0.05, 0) is 62.1 Å². The first kappa shape index (κ1) is 24.7. The molecule has 1 saturated heterocycles. The van der Waals surface area contributed by atoms with E-state index in [0.717, 1.165) is 25.0 Å². The van der Waals surface area contributed by atoms with Crippen LogP contribution in [0.15, 0.2) is 36.4 Å². The average Bonchev–Trinajstić information content (AvgIpc) is 3.38. The fraction of sp³-hybridized carbons (Fsp3) is 0.423. The molecule has 2 heterocycles. The molecule has 0 saturated carbocycles. The van der Waals surface area contributed by atoms with E-state index in [1.807, 2.05) is 0 Å². The van der Waals surface area contributed by atoms with Gasteiger partial charge < -0.3 is 24.4 Å². The molecule has 1 fully saturated rings. The molecule has 0 aliphatic carbocycles. The van der Waals surface area contributed by atoms with Gasteiger partial charge in [0.2, 0.25) is 5.91 Å². The van der Waals surface area contributed by atoms with Gasteiger partial charge in [0.05, 0.1) is 11.8 Å². The Hall–Kier alpha value is -3.46. The number of Topliss-reactive ketones (excluding diaryl/α,β-unsaturated/α-hetero) is 1. The topological polar surface area (TPSA) is 94.2 Å². The van der Waals surface area contributed by atoms with E-state index in [1.54, 1.807) is 31.2 Å². The molecule has 35 heavy (non-hydrogen) atoms. The monoisotopic (exact) mass is 484 g/mol. The summed E-state index contributed by atoms with van der Waals surface area (Å²) < 4.78 is 30.3. The van der Waals surface area contributed by atoms with E-state index in [4.69, 9.17) is 14.2 Å². The second-order valence-corrected chi connectivity index (χ2v) is 8.70. The van der Waals surface area contributed by atoms with Crippen LogP contribution in [0.2, 0.25) is 0 Å². The van der Waals surface area contributed by atoms with Crippen LogP contribution in [-0.4, -0.2) is 56.6 Å². The third-order valence-electron chi connectivity index (χ3n) is 6.01. The van der Waals surface area contributed by atoms with Crippen molar-refractivity contribution in [2.45, 2.75) is 38.7 Å². The summed E-state index contributed by atoms with van der Waals surface area (Å²) in [5.41, 5.74) is 1.59. The molecule has 0 radical (unpaired) electrons. The summed E-state index contributed by atoms with van der Waals surface area (Å²) >= 11 is 0. The lowest BCUT2D eigenvalue weighted by molar-refractivity contribution is -0.123. The standard InChI is InChI=1S/C26H29FN2O6/c1-17-6-8-20(27)24(12-17)34-15-22(30)18-7-9-23-21(13-18)29(26(32)16-35-23)10-2-5-25(31)28-14-19-4-3-11-33-19/h6-9,12-13,19H,2-5,10-11,14-16H2,1H3,(H,28,31). The van der Waals surface area contributed by atoms with Crippen molar-refractivity contribution in [3.8, 4) is 11.5 Å². The van der Waals surface area contributed by atoms with Crippen molar-refractivity contribution in [1.82, 2.24) is 5.32 Å². The van der Waals surface area contributed by atoms with Gasteiger partial charge >= 0.3 is 0 Å². The van der Waals surface area contributed by atoms with Gasteiger partial charge in [-0.25, -0.2) is 4.39 Å². The molecule has 9 heteroatoms. The van der Waals surface area contributed by atoms with Crippen molar-refractivity contribution in [2.24, 2.45) is 0 Å².